The van der Waals surface area contributed by atoms with Gasteiger partial charge in [-0.2, -0.15) is 0 Å². The van der Waals surface area contributed by atoms with E-state index >= 15 is 0 Å². The van der Waals surface area contributed by atoms with Crippen molar-refractivity contribution >= 4 is 0 Å². The summed E-state index contributed by atoms with van der Waals surface area (Å²) in [6.45, 7) is 7.18. The van der Waals surface area contributed by atoms with Crippen LogP contribution in [-0.2, 0) is 4.74 Å². The molecule has 2 fully saturated rings. The van der Waals surface area contributed by atoms with E-state index in [1.54, 1.807) is 6.07 Å². The molecule has 2 aliphatic heterocycles. The van der Waals surface area contributed by atoms with Gasteiger partial charge >= 0.3 is 0 Å². The Kier molecular flexibility index (Phi) is 3.59. The third-order valence-electron chi connectivity index (χ3n) is 5.01. The van der Waals surface area contributed by atoms with E-state index in [9.17, 15) is 4.39 Å². The summed E-state index contributed by atoms with van der Waals surface area (Å²) >= 11 is 0. The van der Waals surface area contributed by atoms with Crippen molar-refractivity contribution in [2.45, 2.75) is 44.6 Å². The summed E-state index contributed by atoms with van der Waals surface area (Å²) in [5.74, 6) is 0.254. The minimum absolute atomic E-state index is 0.0683. The molecule has 2 atom stereocenters. The van der Waals surface area contributed by atoms with Crippen LogP contribution in [0.25, 0.3) is 0 Å². The fraction of sp³-hybridized carbons (Fsp3) is 0.647. The molecule has 2 heterocycles. The average molecular weight is 277 g/mol. The molecule has 1 aromatic rings. The highest BCUT2D eigenvalue weighted by molar-refractivity contribution is 5.25. The van der Waals surface area contributed by atoms with Crippen LogP contribution < -0.4 is 5.32 Å². The molecule has 2 saturated heterocycles. The fourth-order valence-electron chi connectivity index (χ4n) is 4.20. The third kappa shape index (κ3) is 2.61. The lowest BCUT2D eigenvalue weighted by atomic mass is 9.60. The Morgan fingerprint density at radius 2 is 2.15 bits per heavy atom. The highest BCUT2D eigenvalue weighted by atomic mass is 19.1. The van der Waals surface area contributed by atoms with E-state index in [2.05, 4.69) is 25.2 Å². The topological polar surface area (TPSA) is 21.3 Å². The van der Waals surface area contributed by atoms with Crippen LogP contribution in [0.1, 0.15) is 44.6 Å². The molecule has 2 nitrogen and oxygen atoms in total. The minimum Gasteiger partial charge on any atom is -0.376 e. The van der Waals surface area contributed by atoms with E-state index in [4.69, 9.17) is 4.74 Å². The molecule has 110 valence electrons. The maximum absolute atomic E-state index is 13.6. The Hall–Kier alpha value is -0.930. The van der Waals surface area contributed by atoms with Gasteiger partial charge in [-0.25, -0.2) is 4.39 Å². The molecular weight excluding hydrogens is 253 g/mol. The zero-order valence-corrected chi connectivity index (χ0v) is 12.4. The van der Waals surface area contributed by atoms with Crippen LogP contribution in [0, 0.1) is 11.2 Å². The molecule has 0 aliphatic carbocycles. The van der Waals surface area contributed by atoms with Crippen molar-refractivity contribution < 1.29 is 9.13 Å². The van der Waals surface area contributed by atoms with Crippen molar-refractivity contribution in [3.05, 3.63) is 35.6 Å². The van der Waals surface area contributed by atoms with Crippen LogP contribution in [0.2, 0.25) is 0 Å². The van der Waals surface area contributed by atoms with Crippen LogP contribution in [0.3, 0.4) is 0 Å². The normalized spacial score (nSPS) is 33.2. The number of ether oxygens (including phenoxy) is 1. The maximum Gasteiger partial charge on any atom is 0.123 e. The van der Waals surface area contributed by atoms with Gasteiger partial charge in [-0.15, -0.1) is 0 Å². The van der Waals surface area contributed by atoms with Crippen molar-refractivity contribution in [3.8, 4) is 0 Å². The molecule has 2 unspecified atom stereocenters. The summed E-state index contributed by atoms with van der Waals surface area (Å²) in [5, 5.41) is 3.49. The first-order valence-electron chi connectivity index (χ1n) is 7.61. The van der Waals surface area contributed by atoms with Crippen molar-refractivity contribution in [3.63, 3.8) is 0 Å². The quantitative estimate of drug-likeness (QED) is 0.848. The highest BCUT2D eigenvalue weighted by Gasteiger charge is 2.47. The summed E-state index contributed by atoms with van der Waals surface area (Å²) in [5.41, 5.74) is 1.32. The first kappa shape index (κ1) is 14.0. The third-order valence-corrected chi connectivity index (χ3v) is 5.01. The van der Waals surface area contributed by atoms with Crippen LogP contribution in [0.15, 0.2) is 24.3 Å². The number of piperidine rings is 1. The summed E-state index contributed by atoms with van der Waals surface area (Å²) in [4.78, 5) is 0. The highest BCUT2D eigenvalue weighted by Crippen LogP contribution is 2.51. The lowest BCUT2D eigenvalue weighted by Crippen LogP contribution is -2.51. The van der Waals surface area contributed by atoms with E-state index in [-0.39, 0.29) is 16.8 Å². The molecule has 1 aromatic carbocycles. The second-order valence-corrected chi connectivity index (χ2v) is 6.96. The number of nitrogens with one attached hydrogen (secondary N) is 1. The van der Waals surface area contributed by atoms with Gasteiger partial charge in [0.15, 0.2) is 0 Å². The van der Waals surface area contributed by atoms with Crippen molar-refractivity contribution in [2.75, 3.05) is 19.7 Å². The molecule has 0 bridgehead atoms. The smallest absolute Gasteiger partial charge is 0.123 e. The predicted octanol–water partition coefficient (Wildman–Crippen LogP) is 3.48. The Balaban J connectivity index is 1.94. The molecule has 3 rings (SSSR count). The molecule has 1 spiro atoms. The van der Waals surface area contributed by atoms with Gasteiger partial charge in [0.05, 0.1) is 5.60 Å². The van der Waals surface area contributed by atoms with E-state index in [0.29, 0.717) is 5.92 Å². The standard InChI is InChI=1S/C17H24FNO/c1-16(2)12-17(7-9-20-16)6-8-19-11-15(17)13-4-3-5-14(18)10-13/h3-5,10,15,19H,6-9,11-12H2,1-2H3. The summed E-state index contributed by atoms with van der Waals surface area (Å²) in [6.07, 6.45) is 3.29. The van der Waals surface area contributed by atoms with Crippen LogP contribution >= 0.6 is 0 Å². The first-order valence-corrected chi connectivity index (χ1v) is 7.61. The number of rotatable bonds is 1. The Morgan fingerprint density at radius 3 is 2.90 bits per heavy atom. The average Bonchev–Trinajstić information content (AvgIpc) is 2.37. The number of hydrogen-bond acceptors (Lipinski definition) is 2. The summed E-state index contributed by atoms with van der Waals surface area (Å²) in [6, 6.07) is 7.14. The number of hydrogen-bond donors (Lipinski definition) is 1. The van der Waals surface area contributed by atoms with E-state index in [0.717, 1.165) is 44.5 Å². The molecule has 0 amide bonds. The molecule has 20 heavy (non-hydrogen) atoms. The molecule has 2 aliphatic rings. The van der Waals surface area contributed by atoms with Crippen LogP contribution in [-0.4, -0.2) is 25.3 Å². The second kappa shape index (κ2) is 5.12. The van der Waals surface area contributed by atoms with Crippen molar-refractivity contribution in [2.24, 2.45) is 5.41 Å². The monoisotopic (exact) mass is 277 g/mol. The summed E-state index contributed by atoms with van der Waals surface area (Å²) in [7, 11) is 0. The van der Waals surface area contributed by atoms with Crippen LogP contribution in [0.4, 0.5) is 4.39 Å². The second-order valence-electron chi connectivity index (χ2n) is 6.96. The molecule has 3 heteroatoms. The largest absolute Gasteiger partial charge is 0.376 e. The van der Waals surface area contributed by atoms with Gasteiger partial charge in [0.2, 0.25) is 0 Å². The zero-order chi connectivity index (χ0) is 14.2. The molecule has 0 aromatic heterocycles. The molecule has 1 N–H and O–H groups in total. The van der Waals surface area contributed by atoms with Gasteiger partial charge < -0.3 is 10.1 Å². The van der Waals surface area contributed by atoms with E-state index < -0.39 is 0 Å². The van der Waals surface area contributed by atoms with E-state index in [1.807, 2.05) is 6.07 Å². The van der Waals surface area contributed by atoms with Crippen molar-refractivity contribution in [1.82, 2.24) is 5.32 Å². The maximum atomic E-state index is 13.6. The SMILES string of the molecule is CC1(C)CC2(CCNCC2c2cccc(F)c2)CCO1. The fourth-order valence-corrected chi connectivity index (χ4v) is 4.20. The van der Waals surface area contributed by atoms with Gasteiger partial charge in [0.1, 0.15) is 5.82 Å². The van der Waals surface area contributed by atoms with Crippen LogP contribution in [0.5, 0.6) is 0 Å². The summed E-state index contributed by atoms with van der Waals surface area (Å²) < 4.78 is 19.5. The Morgan fingerprint density at radius 1 is 1.30 bits per heavy atom. The predicted molar refractivity (Wildman–Crippen MR) is 78.3 cm³/mol. The van der Waals surface area contributed by atoms with Gasteiger partial charge in [-0.05, 0) is 62.8 Å². The number of halogens is 1. The van der Waals surface area contributed by atoms with Crippen molar-refractivity contribution in [1.29, 1.82) is 0 Å². The van der Waals surface area contributed by atoms with Gasteiger partial charge in [-0.3, -0.25) is 0 Å². The molecular formula is C17H24FNO. The number of benzene rings is 1. The lowest BCUT2D eigenvalue weighted by Gasteiger charge is -2.52. The first-order chi connectivity index (χ1) is 9.51. The Bertz CT molecular complexity index is 484. The van der Waals surface area contributed by atoms with Gasteiger partial charge in [0.25, 0.3) is 0 Å². The van der Waals surface area contributed by atoms with Gasteiger partial charge in [0, 0.05) is 19.1 Å². The van der Waals surface area contributed by atoms with Gasteiger partial charge in [-0.1, -0.05) is 12.1 Å². The minimum atomic E-state index is -0.130. The Labute approximate surface area is 120 Å². The zero-order valence-electron chi connectivity index (χ0n) is 12.4. The van der Waals surface area contributed by atoms with E-state index in [1.165, 1.54) is 6.07 Å². The molecule has 0 radical (unpaired) electrons. The molecule has 0 saturated carbocycles. The lowest BCUT2D eigenvalue weighted by molar-refractivity contribution is -0.119.